The fourth-order valence-electron chi connectivity index (χ4n) is 4.56. The Bertz CT molecular complexity index is 1020. The Kier molecular flexibility index (Phi) is 10.6. The summed E-state index contributed by atoms with van der Waals surface area (Å²) in [7, 11) is -2.90. The Morgan fingerprint density at radius 1 is 1.03 bits per heavy atom. The van der Waals surface area contributed by atoms with Gasteiger partial charge in [-0.1, -0.05) is 86.5 Å². The van der Waals surface area contributed by atoms with Crippen molar-refractivity contribution in [2.75, 3.05) is 7.05 Å². The van der Waals surface area contributed by atoms with Crippen molar-refractivity contribution in [1.29, 1.82) is 0 Å². The lowest BCUT2D eigenvalue weighted by atomic mass is 9.82. The lowest BCUT2D eigenvalue weighted by molar-refractivity contribution is 0.114. The average Bonchev–Trinajstić information content (AvgIpc) is 2.82. The van der Waals surface area contributed by atoms with E-state index in [1.54, 1.807) is 7.05 Å². The van der Waals surface area contributed by atoms with Gasteiger partial charge in [-0.3, -0.25) is 0 Å². The van der Waals surface area contributed by atoms with Gasteiger partial charge in [-0.15, -0.1) is 0 Å². The maximum Gasteiger partial charge on any atom is 0.192 e. The molecule has 0 unspecified atom stereocenters. The first-order chi connectivity index (χ1) is 15.6. The summed E-state index contributed by atoms with van der Waals surface area (Å²) in [5.74, 6) is 0.400. The zero-order valence-corrected chi connectivity index (χ0v) is 24.6. The summed E-state index contributed by atoms with van der Waals surface area (Å²) in [4.78, 5) is 0.745. The summed E-state index contributed by atoms with van der Waals surface area (Å²) < 4.78 is 26.4. The summed E-state index contributed by atoms with van der Waals surface area (Å²) >= 11 is 3.57. The van der Waals surface area contributed by atoms with Crippen molar-refractivity contribution in [3.05, 3.63) is 75.6 Å². The van der Waals surface area contributed by atoms with Crippen LogP contribution in [0, 0.1) is 11.8 Å². The quantitative estimate of drug-likeness (QED) is 0.262. The van der Waals surface area contributed by atoms with Crippen molar-refractivity contribution in [3.63, 3.8) is 0 Å². The first-order valence-corrected chi connectivity index (χ1v) is 16.9. The zero-order valence-electron chi connectivity index (χ0n) is 21.2. The van der Waals surface area contributed by atoms with Gasteiger partial charge >= 0.3 is 0 Å². The van der Waals surface area contributed by atoms with Crippen molar-refractivity contribution in [3.8, 4) is 0 Å². The van der Waals surface area contributed by atoms with Crippen molar-refractivity contribution < 1.29 is 8.63 Å². The third-order valence-corrected chi connectivity index (χ3v) is 14.1. The van der Waals surface area contributed by atoms with Gasteiger partial charge in [-0.05, 0) is 60.8 Å². The second-order valence-corrected chi connectivity index (χ2v) is 16.9. The molecule has 0 aliphatic carbocycles. The topological polar surface area (TPSA) is 38.7 Å². The Labute approximate surface area is 211 Å². The van der Waals surface area contributed by atoms with Crippen LogP contribution in [0.25, 0.3) is 0 Å². The number of rotatable bonds is 11. The number of benzene rings is 2. The highest BCUT2D eigenvalue weighted by molar-refractivity contribution is 9.10. The molecule has 33 heavy (non-hydrogen) atoms. The first-order valence-electron chi connectivity index (χ1n) is 12.0. The van der Waals surface area contributed by atoms with Gasteiger partial charge in [0.25, 0.3) is 0 Å². The molecule has 2 aromatic rings. The molecule has 3 atom stereocenters. The van der Waals surface area contributed by atoms with Crippen LogP contribution in [0.4, 0.5) is 0 Å². The SMILES string of the molecule is CC[Si](CC)(CC)O[C@@H](c1ccc(Br)cc1)[C@@H](/C(C)=C\[S@@](=O)(=NC)c1ccccc1)C(C)C. The van der Waals surface area contributed by atoms with E-state index in [4.69, 9.17) is 4.43 Å². The van der Waals surface area contributed by atoms with E-state index in [1.807, 2.05) is 35.7 Å². The molecule has 0 aromatic heterocycles. The van der Waals surface area contributed by atoms with Crippen LogP contribution in [0.5, 0.6) is 0 Å². The van der Waals surface area contributed by atoms with Gasteiger partial charge in [0.05, 0.1) is 20.7 Å². The van der Waals surface area contributed by atoms with E-state index in [9.17, 15) is 4.21 Å². The van der Waals surface area contributed by atoms with Crippen molar-refractivity contribution >= 4 is 34.0 Å². The highest BCUT2D eigenvalue weighted by Crippen LogP contribution is 2.41. The second-order valence-electron chi connectivity index (χ2n) is 9.03. The van der Waals surface area contributed by atoms with Crippen LogP contribution < -0.4 is 0 Å². The van der Waals surface area contributed by atoms with Gasteiger partial charge in [-0.25, -0.2) is 8.57 Å². The summed E-state index contributed by atoms with van der Waals surface area (Å²) in [6, 6.07) is 21.3. The molecule has 0 bridgehead atoms. The van der Waals surface area contributed by atoms with Crippen molar-refractivity contribution in [1.82, 2.24) is 0 Å². The Morgan fingerprint density at radius 3 is 2.03 bits per heavy atom. The number of halogens is 1. The molecular weight excluding hydrogens is 510 g/mol. The van der Waals surface area contributed by atoms with Crippen LogP contribution in [0.15, 0.2) is 79.3 Å². The number of nitrogens with zero attached hydrogens (tertiary/aromatic N) is 1. The Morgan fingerprint density at radius 2 is 1.58 bits per heavy atom. The number of hydrogen-bond acceptors (Lipinski definition) is 3. The van der Waals surface area contributed by atoms with Crippen LogP contribution in [0.1, 0.15) is 53.2 Å². The van der Waals surface area contributed by atoms with E-state index in [0.29, 0.717) is 5.92 Å². The molecular formula is C27H40BrNO2SSi. The third kappa shape index (κ3) is 6.90. The zero-order chi connectivity index (χ0) is 24.6. The molecule has 0 spiro atoms. The molecule has 0 N–H and O–H groups in total. The van der Waals surface area contributed by atoms with E-state index in [1.165, 1.54) is 5.56 Å². The Hall–Kier alpha value is -1.21. The highest BCUT2D eigenvalue weighted by atomic mass is 79.9. The lowest BCUT2D eigenvalue weighted by Gasteiger charge is -2.39. The monoisotopic (exact) mass is 549 g/mol. The maximum atomic E-state index is 13.9. The molecule has 0 heterocycles. The minimum atomic E-state index is -2.65. The summed E-state index contributed by atoms with van der Waals surface area (Å²) in [5.41, 5.74) is 2.25. The molecule has 3 nitrogen and oxygen atoms in total. The fraction of sp³-hybridized carbons (Fsp3) is 0.481. The van der Waals surface area contributed by atoms with E-state index in [0.717, 1.165) is 33.1 Å². The van der Waals surface area contributed by atoms with E-state index < -0.39 is 18.0 Å². The van der Waals surface area contributed by atoms with E-state index >= 15 is 0 Å². The molecule has 0 radical (unpaired) electrons. The maximum absolute atomic E-state index is 13.9. The summed E-state index contributed by atoms with van der Waals surface area (Å²) in [6.45, 7) is 13.4. The van der Waals surface area contributed by atoms with Gasteiger partial charge in [0, 0.05) is 22.8 Å². The van der Waals surface area contributed by atoms with Crippen LogP contribution in [-0.4, -0.2) is 19.6 Å². The van der Waals surface area contributed by atoms with Gasteiger partial charge < -0.3 is 4.43 Å². The van der Waals surface area contributed by atoms with E-state index in [-0.39, 0.29) is 12.0 Å². The molecule has 0 amide bonds. The molecule has 0 fully saturated rings. The third-order valence-electron chi connectivity index (χ3n) is 6.78. The predicted octanol–water partition coefficient (Wildman–Crippen LogP) is 8.84. The second kappa shape index (κ2) is 12.5. The summed E-state index contributed by atoms with van der Waals surface area (Å²) in [6.07, 6.45) is -0.0860. The van der Waals surface area contributed by atoms with Gasteiger partial charge in [0.2, 0.25) is 0 Å². The predicted molar refractivity (Wildman–Crippen MR) is 148 cm³/mol. The molecule has 2 aromatic carbocycles. The Balaban J connectivity index is 2.64. The largest absolute Gasteiger partial charge is 0.409 e. The normalized spacial score (nSPS) is 16.3. The molecule has 182 valence electrons. The smallest absolute Gasteiger partial charge is 0.192 e. The number of hydrogen-bond donors (Lipinski definition) is 0. The molecule has 0 saturated carbocycles. The molecule has 2 rings (SSSR count). The van der Waals surface area contributed by atoms with Crippen LogP contribution in [0.3, 0.4) is 0 Å². The standard InChI is InChI=1S/C27H40BrNO2SSi/c1-8-33(9-2,10-3)31-27(23-16-18-24(28)19-17-23)26(21(4)5)22(6)20-32(30,29-7)25-14-12-11-13-15-25/h11-21,26-27H,8-10H2,1-7H3/b22-20-/t26-,27+,32+/m1/s1. The molecule has 0 aliphatic heterocycles. The van der Waals surface area contributed by atoms with Crippen molar-refractivity contribution in [2.24, 2.45) is 16.2 Å². The highest BCUT2D eigenvalue weighted by Gasteiger charge is 2.37. The van der Waals surface area contributed by atoms with Crippen LogP contribution in [0.2, 0.25) is 18.1 Å². The average molecular weight is 551 g/mol. The molecule has 6 heteroatoms. The fourth-order valence-corrected chi connectivity index (χ4v) is 9.30. The lowest BCUT2D eigenvalue weighted by Crippen LogP contribution is -2.40. The van der Waals surface area contributed by atoms with Crippen molar-refractivity contribution in [2.45, 2.75) is 70.7 Å². The molecule has 0 saturated heterocycles. The minimum Gasteiger partial charge on any atom is -0.409 e. The van der Waals surface area contributed by atoms with Gasteiger partial charge in [0.1, 0.15) is 0 Å². The van der Waals surface area contributed by atoms with Crippen LogP contribution in [-0.2, 0) is 14.2 Å². The summed E-state index contributed by atoms with van der Waals surface area (Å²) in [5, 5.41) is 1.90. The molecule has 0 aliphatic rings. The van der Waals surface area contributed by atoms with Gasteiger partial charge in [-0.2, -0.15) is 0 Å². The minimum absolute atomic E-state index is 0.0860. The first kappa shape index (κ1) is 28.0. The van der Waals surface area contributed by atoms with Crippen LogP contribution >= 0.6 is 15.9 Å². The van der Waals surface area contributed by atoms with Gasteiger partial charge in [0.15, 0.2) is 8.32 Å². The van der Waals surface area contributed by atoms with E-state index in [2.05, 4.69) is 86.1 Å².